The van der Waals surface area contributed by atoms with Gasteiger partial charge in [-0.25, -0.2) is 4.98 Å². The van der Waals surface area contributed by atoms with E-state index in [4.69, 9.17) is 0 Å². The first-order valence-corrected chi connectivity index (χ1v) is 7.10. The number of nitrogens with zero attached hydrogens (tertiary/aromatic N) is 3. The number of amides is 1. The van der Waals surface area contributed by atoms with E-state index in [9.17, 15) is 9.90 Å². The van der Waals surface area contributed by atoms with E-state index in [0.717, 1.165) is 30.4 Å². The summed E-state index contributed by atoms with van der Waals surface area (Å²) in [4.78, 5) is 18.4. The number of rotatable bonds is 4. The smallest absolute Gasteiger partial charge is 0.224 e. The van der Waals surface area contributed by atoms with Crippen molar-refractivity contribution >= 4 is 16.9 Å². The van der Waals surface area contributed by atoms with Crippen molar-refractivity contribution in [3.8, 4) is 0 Å². The number of carbonyl (C=O) groups is 1. The van der Waals surface area contributed by atoms with Gasteiger partial charge in [-0.3, -0.25) is 4.79 Å². The van der Waals surface area contributed by atoms with Crippen molar-refractivity contribution in [2.75, 3.05) is 13.2 Å². The quantitative estimate of drug-likeness (QED) is 0.916. The van der Waals surface area contributed by atoms with Crippen LogP contribution in [-0.2, 0) is 11.3 Å². The molecule has 0 bridgehead atoms. The molecular formula is C15H19N3O2. The molecule has 1 saturated heterocycles. The number of aliphatic hydroxyl groups excluding tert-OH is 1. The van der Waals surface area contributed by atoms with Gasteiger partial charge < -0.3 is 14.6 Å². The van der Waals surface area contributed by atoms with Crippen LogP contribution >= 0.6 is 0 Å². The van der Waals surface area contributed by atoms with Gasteiger partial charge in [0.15, 0.2) is 0 Å². The molecule has 0 aliphatic carbocycles. The predicted molar refractivity (Wildman–Crippen MR) is 76.2 cm³/mol. The van der Waals surface area contributed by atoms with Crippen LogP contribution in [0.15, 0.2) is 30.6 Å². The van der Waals surface area contributed by atoms with Crippen LogP contribution in [0, 0.1) is 0 Å². The lowest BCUT2D eigenvalue weighted by molar-refractivity contribution is -0.132. The van der Waals surface area contributed by atoms with Crippen LogP contribution < -0.4 is 0 Å². The molecule has 3 rings (SSSR count). The first-order chi connectivity index (χ1) is 9.79. The standard InChI is InChI=1S/C15H19N3O2/c19-10-12-4-3-8-18(12)15(20)7-9-17-11-16-13-5-1-2-6-14(13)17/h1-2,5-6,11-12,19H,3-4,7-10H2/t12-/m0/s1. The Morgan fingerprint density at radius 2 is 2.25 bits per heavy atom. The molecule has 0 radical (unpaired) electrons. The molecule has 5 heteroatoms. The first-order valence-electron chi connectivity index (χ1n) is 7.10. The highest BCUT2D eigenvalue weighted by atomic mass is 16.3. The van der Waals surface area contributed by atoms with Crippen molar-refractivity contribution in [1.29, 1.82) is 0 Å². The van der Waals surface area contributed by atoms with Crippen LogP contribution in [0.2, 0.25) is 0 Å². The summed E-state index contributed by atoms with van der Waals surface area (Å²) in [6, 6.07) is 7.93. The number of hydrogen-bond donors (Lipinski definition) is 1. The minimum absolute atomic E-state index is 0.0158. The third-order valence-electron chi connectivity index (χ3n) is 4.00. The fraction of sp³-hybridized carbons (Fsp3) is 0.467. The molecule has 2 aromatic rings. The predicted octanol–water partition coefficient (Wildman–Crippen LogP) is 1.41. The minimum Gasteiger partial charge on any atom is -0.394 e. The zero-order valence-electron chi connectivity index (χ0n) is 11.4. The van der Waals surface area contributed by atoms with E-state index in [-0.39, 0.29) is 18.6 Å². The Kier molecular flexibility index (Phi) is 3.69. The second-order valence-electron chi connectivity index (χ2n) is 5.24. The Bertz CT molecular complexity index is 608. The summed E-state index contributed by atoms with van der Waals surface area (Å²) in [7, 11) is 0. The maximum Gasteiger partial charge on any atom is 0.224 e. The number of aromatic nitrogens is 2. The van der Waals surface area contributed by atoms with E-state index in [0.29, 0.717) is 13.0 Å². The van der Waals surface area contributed by atoms with Crippen molar-refractivity contribution < 1.29 is 9.90 Å². The molecule has 1 aromatic heterocycles. The number of likely N-dealkylation sites (tertiary alicyclic amines) is 1. The molecule has 5 nitrogen and oxygen atoms in total. The lowest BCUT2D eigenvalue weighted by Crippen LogP contribution is -2.37. The number of benzene rings is 1. The van der Waals surface area contributed by atoms with Gasteiger partial charge in [-0.2, -0.15) is 0 Å². The van der Waals surface area contributed by atoms with E-state index in [1.165, 1.54) is 0 Å². The van der Waals surface area contributed by atoms with E-state index < -0.39 is 0 Å². The number of para-hydroxylation sites is 2. The average molecular weight is 273 g/mol. The summed E-state index contributed by atoms with van der Waals surface area (Å²) in [5.74, 6) is 0.124. The van der Waals surface area contributed by atoms with Gasteiger partial charge in [0.25, 0.3) is 0 Å². The van der Waals surface area contributed by atoms with Gasteiger partial charge in [-0.05, 0) is 25.0 Å². The molecule has 0 saturated carbocycles. The summed E-state index contributed by atoms with van der Waals surface area (Å²) in [5.41, 5.74) is 2.01. The Balaban J connectivity index is 1.66. The van der Waals surface area contributed by atoms with Gasteiger partial charge >= 0.3 is 0 Å². The molecule has 106 valence electrons. The van der Waals surface area contributed by atoms with Crippen LogP contribution in [0.1, 0.15) is 19.3 Å². The normalized spacial score (nSPS) is 18.9. The van der Waals surface area contributed by atoms with E-state index >= 15 is 0 Å². The van der Waals surface area contributed by atoms with E-state index in [2.05, 4.69) is 4.98 Å². The molecule has 20 heavy (non-hydrogen) atoms. The largest absolute Gasteiger partial charge is 0.394 e. The van der Waals surface area contributed by atoms with Crippen LogP contribution in [-0.4, -0.2) is 44.7 Å². The second-order valence-corrected chi connectivity index (χ2v) is 5.24. The Hall–Kier alpha value is -1.88. The molecule has 1 aliphatic rings. The number of aryl methyl sites for hydroxylation is 1. The Morgan fingerprint density at radius 1 is 1.40 bits per heavy atom. The monoisotopic (exact) mass is 273 g/mol. The Morgan fingerprint density at radius 3 is 3.10 bits per heavy atom. The van der Waals surface area contributed by atoms with Crippen molar-refractivity contribution in [1.82, 2.24) is 14.5 Å². The van der Waals surface area contributed by atoms with Gasteiger partial charge in [-0.15, -0.1) is 0 Å². The zero-order chi connectivity index (χ0) is 13.9. The first kappa shape index (κ1) is 13.1. The van der Waals surface area contributed by atoms with Gasteiger partial charge in [0.05, 0.1) is 30.0 Å². The fourth-order valence-electron chi connectivity index (χ4n) is 2.90. The van der Waals surface area contributed by atoms with Crippen molar-refractivity contribution in [2.24, 2.45) is 0 Å². The summed E-state index contributed by atoms with van der Waals surface area (Å²) >= 11 is 0. The summed E-state index contributed by atoms with van der Waals surface area (Å²) in [6.45, 7) is 1.47. The van der Waals surface area contributed by atoms with Gasteiger partial charge in [0.1, 0.15) is 0 Å². The highest BCUT2D eigenvalue weighted by Gasteiger charge is 2.27. The summed E-state index contributed by atoms with van der Waals surface area (Å²) in [5, 5.41) is 9.27. The number of hydrogen-bond acceptors (Lipinski definition) is 3. The van der Waals surface area contributed by atoms with Crippen molar-refractivity contribution in [3.63, 3.8) is 0 Å². The molecule has 0 spiro atoms. The van der Waals surface area contributed by atoms with Crippen LogP contribution in [0.25, 0.3) is 11.0 Å². The molecule has 1 aromatic carbocycles. The molecule has 1 atom stereocenters. The molecule has 0 unspecified atom stereocenters. The third-order valence-corrected chi connectivity index (χ3v) is 4.00. The fourth-order valence-corrected chi connectivity index (χ4v) is 2.90. The number of carbonyl (C=O) groups excluding carboxylic acids is 1. The van der Waals surface area contributed by atoms with E-state index in [1.807, 2.05) is 33.7 Å². The summed E-state index contributed by atoms with van der Waals surface area (Å²) in [6.07, 6.45) is 4.14. The van der Waals surface area contributed by atoms with Crippen molar-refractivity contribution in [2.45, 2.75) is 31.8 Å². The van der Waals surface area contributed by atoms with Crippen LogP contribution in [0.3, 0.4) is 0 Å². The number of imidazole rings is 1. The molecular weight excluding hydrogens is 254 g/mol. The van der Waals surface area contributed by atoms with E-state index in [1.54, 1.807) is 6.33 Å². The van der Waals surface area contributed by atoms with Crippen molar-refractivity contribution in [3.05, 3.63) is 30.6 Å². The van der Waals surface area contributed by atoms with Gasteiger partial charge in [0, 0.05) is 19.5 Å². The second kappa shape index (κ2) is 5.63. The molecule has 1 N–H and O–H groups in total. The maximum absolute atomic E-state index is 12.2. The molecule has 1 fully saturated rings. The SMILES string of the molecule is O=C(CCn1cnc2ccccc21)N1CCC[C@H]1CO. The molecule has 1 aliphatic heterocycles. The summed E-state index contributed by atoms with van der Waals surface area (Å²) < 4.78 is 2.01. The molecule has 1 amide bonds. The number of aliphatic hydroxyl groups is 1. The van der Waals surface area contributed by atoms with Gasteiger partial charge in [-0.1, -0.05) is 12.1 Å². The highest BCUT2D eigenvalue weighted by Crippen LogP contribution is 2.18. The van der Waals surface area contributed by atoms with Crippen LogP contribution in [0.4, 0.5) is 0 Å². The lowest BCUT2D eigenvalue weighted by atomic mass is 10.2. The number of fused-ring (bicyclic) bond motifs is 1. The minimum atomic E-state index is 0.0158. The third kappa shape index (κ3) is 2.41. The maximum atomic E-state index is 12.2. The highest BCUT2D eigenvalue weighted by molar-refractivity contribution is 5.78. The topological polar surface area (TPSA) is 58.4 Å². The Labute approximate surface area is 117 Å². The zero-order valence-corrected chi connectivity index (χ0v) is 11.4. The van der Waals surface area contributed by atoms with Crippen LogP contribution in [0.5, 0.6) is 0 Å². The lowest BCUT2D eigenvalue weighted by Gasteiger charge is -2.23. The molecule has 2 heterocycles. The van der Waals surface area contributed by atoms with Gasteiger partial charge in [0.2, 0.25) is 5.91 Å². The average Bonchev–Trinajstić information content (AvgIpc) is 3.11.